The van der Waals surface area contributed by atoms with E-state index in [9.17, 15) is 0 Å². The second-order valence-corrected chi connectivity index (χ2v) is 6.66. The van der Waals surface area contributed by atoms with Gasteiger partial charge in [-0.2, -0.15) is 4.98 Å². The molecule has 26 heavy (non-hydrogen) atoms. The molecule has 2 aromatic heterocycles. The van der Waals surface area contributed by atoms with E-state index in [0.717, 1.165) is 31.5 Å². The number of pyridine rings is 1. The fourth-order valence-electron chi connectivity index (χ4n) is 3.34. The van der Waals surface area contributed by atoms with Gasteiger partial charge in [-0.3, -0.25) is 4.90 Å². The molecular weight excluding hydrogens is 328 g/mol. The molecule has 1 saturated heterocycles. The number of benzene rings is 1. The number of methoxy groups -OCH3 is 1. The minimum atomic E-state index is 0.170. The third-order valence-electron chi connectivity index (χ3n) is 4.80. The van der Waals surface area contributed by atoms with Gasteiger partial charge in [0.25, 0.3) is 0 Å². The number of hydrogen-bond acceptors (Lipinski definition) is 6. The molecule has 1 atom stereocenters. The van der Waals surface area contributed by atoms with E-state index in [2.05, 4.69) is 51.2 Å². The molecule has 0 spiro atoms. The van der Waals surface area contributed by atoms with E-state index in [1.165, 1.54) is 11.1 Å². The highest BCUT2D eigenvalue weighted by Gasteiger charge is 2.30. The summed E-state index contributed by atoms with van der Waals surface area (Å²) < 4.78 is 10.7. The summed E-state index contributed by atoms with van der Waals surface area (Å²) >= 11 is 0. The van der Waals surface area contributed by atoms with Crippen LogP contribution < -0.4 is 4.74 Å². The molecule has 0 amide bonds. The van der Waals surface area contributed by atoms with Crippen molar-refractivity contribution in [2.75, 3.05) is 13.7 Å². The van der Waals surface area contributed by atoms with Gasteiger partial charge in [0, 0.05) is 24.4 Å². The maximum Gasteiger partial charge on any atom is 0.244 e. The van der Waals surface area contributed by atoms with Crippen LogP contribution in [0.5, 0.6) is 5.88 Å². The third kappa shape index (κ3) is 3.46. The summed E-state index contributed by atoms with van der Waals surface area (Å²) in [7, 11) is 1.59. The van der Waals surface area contributed by atoms with Crippen molar-refractivity contribution in [3.05, 3.63) is 59.6 Å². The molecule has 1 aliphatic heterocycles. The molecule has 134 valence electrons. The van der Waals surface area contributed by atoms with Crippen LogP contribution in [0, 0.1) is 6.92 Å². The lowest BCUT2D eigenvalue weighted by Crippen LogP contribution is -2.23. The summed E-state index contributed by atoms with van der Waals surface area (Å²) in [5.41, 5.74) is 3.41. The molecule has 0 aliphatic carbocycles. The molecule has 3 heterocycles. The van der Waals surface area contributed by atoms with Crippen molar-refractivity contribution in [2.24, 2.45) is 0 Å². The van der Waals surface area contributed by atoms with Gasteiger partial charge in [0.2, 0.25) is 17.6 Å². The lowest BCUT2D eigenvalue weighted by molar-refractivity contribution is 0.201. The van der Waals surface area contributed by atoms with Crippen LogP contribution in [0.4, 0.5) is 0 Å². The molecule has 4 rings (SSSR count). The number of hydrogen-bond donors (Lipinski definition) is 0. The van der Waals surface area contributed by atoms with Gasteiger partial charge in [0.15, 0.2) is 0 Å². The summed E-state index contributed by atoms with van der Waals surface area (Å²) in [6.07, 6.45) is 3.87. The molecule has 1 unspecified atom stereocenters. The zero-order valence-electron chi connectivity index (χ0n) is 15.1. The predicted octanol–water partition coefficient (Wildman–Crippen LogP) is 3.79. The van der Waals surface area contributed by atoms with Crippen LogP contribution in [0.15, 0.2) is 47.1 Å². The van der Waals surface area contributed by atoms with Crippen LogP contribution in [0.1, 0.15) is 35.9 Å². The Morgan fingerprint density at radius 3 is 2.77 bits per heavy atom. The number of aryl methyl sites for hydroxylation is 1. The Kier molecular flexibility index (Phi) is 4.67. The molecule has 0 saturated carbocycles. The van der Waals surface area contributed by atoms with E-state index < -0.39 is 0 Å². The van der Waals surface area contributed by atoms with Gasteiger partial charge in [0.05, 0.1) is 13.2 Å². The van der Waals surface area contributed by atoms with Gasteiger partial charge in [-0.25, -0.2) is 4.98 Å². The Morgan fingerprint density at radius 2 is 2.04 bits per heavy atom. The third-order valence-corrected chi connectivity index (χ3v) is 4.80. The number of nitrogens with zero attached hydrogens (tertiary/aromatic N) is 4. The molecule has 1 fully saturated rings. The lowest BCUT2D eigenvalue weighted by Gasteiger charge is -2.21. The standard InChI is InChI=1S/C20H22N4O2/c1-14-5-7-15(8-6-14)13-24-11-3-4-17(24)20-22-19(23-26-20)16-9-10-18(25-2)21-12-16/h5-10,12,17H,3-4,11,13H2,1-2H3. The summed E-state index contributed by atoms with van der Waals surface area (Å²) in [5.74, 6) is 1.82. The minimum Gasteiger partial charge on any atom is -0.481 e. The Balaban J connectivity index is 1.51. The average Bonchev–Trinajstić information content (AvgIpc) is 3.33. The lowest BCUT2D eigenvalue weighted by atomic mass is 10.1. The van der Waals surface area contributed by atoms with E-state index in [1.807, 2.05) is 6.07 Å². The van der Waals surface area contributed by atoms with Crippen LogP contribution in [0.25, 0.3) is 11.4 Å². The second kappa shape index (κ2) is 7.25. The average molecular weight is 350 g/mol. The fourth-order valence-corrected chi connectivity index (χ4v) is 3.34. The summed E-state index contributed by atoms with van der Waals surface area (Å²) in [4.78, 5) is 11.2. The Morgan fingerprint density at radius 1 is 1.19 bits per heavy atom. The van der Waals surface area contributed by atoms with Gasteiger partial charge in [-0.1, -0.05) is 35.0 Å². The maximum atomic E-state index is 5.58. The molecule has 6 heteroatoms. The normalized spacial score (nSPS) is 17.5. The van der Waals surface area contributed by atoms with Gasteiger partial charge >= 0.3 is 0 Å². The van der Waals surface area contributed by atoms with Gasteiger partial charge < -0.3 is 9.26 Å². The van der Waals surface area contributed by atoms with Crippen LogP contribution in [0.3, 0.4) is 0 Å². The first-order valence-electron chi connectivity index (χ1n) is 8.86. The van der Waals surface area contributed by atoms with E-state index in [4.69, 9.17) is 9.26 Å². The number of aromatic nitrogens is 3. The summed E-state index contributed by atoms with van der Waals surface area (Å²) in [5, 5.41) is 4.15. The second-order valence-electron chi connectivity index (χ2n) is 6.66. The molecule has 0 N–H and O–H groups in total. The van der Waals surface area contributed by atoms with E-state index in [-0.39, 0.29) is 6.04 Å². The van der Waals surface area contributed by atoms with Crippen molar-refractivity contribution in [1.82, 2.24) is 20.0 Å². The Hall–Kier alpha value is -2.73. The molecule has 1 aliphatic rings. The smallest absolute Gasteiger partial charge is 0.244 e. The quantitative estimate of drug-likeness (QED) is 0.698. The number of ether oxygens (including phenoxy) is 1. The van der Waals surface area contributed by atoms with Crippen LogP contribution in [-0.2, 0) is 6.54 Å². The summed E-state index contributed by atoms with van der Waals surface area (Å²) in [6.45, 7) is 4.05. The first-order chi connectivity index (χ1) is 12.7. The zero-order valence-corrected chi connectivity index (χ0v) is 15.1. The minimum absolute atomic E-state index is 0.170. The van der Waals surface area contributed by atoms with Crippen LogP contribution in [0.2, 0.25) is 0 Å². The van der Waals surface area contributed by atoms with Crippen LogP contribution in [-0.4, -0.2) is 33.7 Å². The van der Waals surface area contributed by atoms with Gasteiger partial charge in [-0.05, 0) is 37.9 Å². The van der Waals surface area contributed by atoms with Gasteiger partial charge in [0.1, 0.15) is 0 Å². The van der Waals surface area contributed by atoms with Crippen molar-refractivity contribution in [2.45, 2.75) is 32.4 Å². The first kappa shape index (κ1) is 16.7. The highest BCUT2D eigenvalue weighted by molar-refractivity contribution is 5.53. The largest absolute Gasteiger partial charge is 0.481 e. The molecule has 3 aromatic rings. The Labute approximate surface area is 152 Å². The van der Waals surface area contributed by atoms with Gasteiger partial charge in [-0.15, -0.1) is 0 Å². The van der Waals surface area contributed by atoms with Crippen molar-refractivity contribution < 1.29 is 9.26 Å². The monoisotopic (exact) mass is 350 g/mol. The number of rotatable bonds is 5. The predicted molar refractivity (Wildman–Crippen MR) is 97.6 cm³/mol. The highest BCUT2D eigenvalue weighted by Crippen LogP contribution is 2.33. The summed E-state index contributed by atoms with van der Waals surface area (Å²) in [6, 6.07) is 12.5. The Bertz CT molecular complexity index is 858. The van der Waals surface area contributed by atoms with E-state index in [1.54, 1.807) is 19.4 Å². The van der Waals surface area contributed by atoms with Crippen LogP contribution >= 0.6 is 0 Å². The van der Waals surface area contributed by atoms with Crippen molar-refractivity contribution in [1.29, 1.82) is 0 Å². The molecule has 6 nitrogen and oxygen atoms in total. The molecule has 0 bridgehead atoms. The molecule has 1 aromatic carbocycles. The van der Waals surface area contributed by atoms with E-state index >= 15 is 0 Å². The topological polar surface area (TPSA) is 64.3 Å². The van der Waals surface area contributed by atoms with Crippen molar-refractivity contribution in [3.63, 3.8) is 0 Å². The highest BCUT2D eigenvalue weighted by atomic mass is 16.5. The fraction of sp³-hybridized carbons (Fsp3) is 0.350. The molecule has 0 radical (unpaired) electrons. The molecular formula is C20H22N4O2. The SMILES string of the molecule is COc1ccc(-c2noc(C3CCCN3Cc3ccc(C)cc3)n2)cn1. The van der Waals surface area contributed by atoms with E-state index in [0.29, 0.717) is 17.6 Å². The van der Waals surface area contributed by atoms with Crippen molar-refractivity contribution in [3.8, 4) is 17.3 Å². The van der Waals surface area contributed by atoms with Crippen molar-refractivity contribution >= 4 is 0 Å². The maximum absolute atomic E-state index is 5.58. The first-order valence-corrected chi connectivity index (χ1v) is 8.86. The number of likely N-dealkylation sites (tertiary alicyclic amines) is 1. The zero-order chi connectivity index (χ0) is 17.9.